The topological polar surface area (TPSA) is 29.1 Å². The third-order valence-electron chi connectivity index (χ3n) is 2.37. The van der Waals surface area contributed by atoms with E-state index in [9.17, 15) is 18.0 Å². The lowest BCUT2D eigenvalue weighted by atomic mass is 9.96. The molecule has 2 nitrogen and oxygen atoms in total. The highest BCUT2D eigenvalue weighted by Gasteiger charge is 2.31. The molecule has 0 aromatic heterocycles. The van der Waals surface area contributed by atoms with Gasteiger partial charge in [-0.25, -0.2) is 0 Å². The van der Waals surface area contributed by atoms with Gasteiger partial charge in [-0.2, -0.15) is 13.2 Å². The van der Waals surface area contributed by atoms with E-state index in [1.807, 2.05) is 0 Å². The maximum atomic E-state index is 12.2. The highest BCUT2D eigenvalue weighted by molar-refractivity contribution is 5.83. The second kappa shape index (κ2) is 3.25. The van der Waals surface area contributed by atoms with Crippen LogP contribution in [0.4, 0.5) is 13.2 Å². The number of nitrogens with one attached hydrogen (secondary N) is 1. The van der Waals surface area contributed by atoms with Crippen molar-refractivity contribution >= 4 is 5.91 Å². The highest BCUT2D eigenvalue weighted by atomic mass is 19.4. The SMILES string of the molecule is O=C1CC(c2ccc(C(F)(F)F)cc2)N1. The molecule has 0 bridgehead atoms. The summed E-state index contributed by atoms with van der Waals surface area (Å²) in [5.74, 6) is -0.0695. The second-order valence-corrected chi connectivity index (χ2v) is 3.44. The van der Waals surface area contributed by atoms with Gasteiger partial charge in [0.25, 0.3) is 0 Å². The number of alkyl halides is 3. The van der Waals surface area contributed by atoms with Crippen molar-refractivity contribution < 1.29 is 18.0 Å². The minimum atomic E-state index is -4.30. The number of benzene rings is 1. The molecule has 2 rings (SSSR count). The third-order valence-corrected chi connectivity index (χ3v) is 2.37. The maximum Gasteiger partial charge on any atom is 0.416 e. The van der Waals surface area contributed by atoms with Gasteiger partial charge in [0.1, 0.15) is 0 Å². The van der Waals surface area contributed by atoms with Crippen LogP contribution in [0.3, 0.4) is 0 Å². The van der Waals surface area contributed by atoms with Crippen LogP contribution in [-0.4, -0.2) is 5.91 Å². The first-order chi connectivity index (χ1) is 6.97. The first-order valence-electron chi connectivity index (χ1n) is 4.43. The molecular formula is C10H8F3NO. The number of hydrogen-bond donors (Lipinski definition) is 1. The average Bonchev–Trinajstić information content (AvgIpc) is 2.12. The summed E-state index contributed by atoms with van der Waals surface area (Å²) in [6.45, 7) is 0. The third kappa shape index (κ3) is 1.95. The molecule has 1 aromatic rings. The van der Waals surface area contributed by atoms with E-state index in [1.165, 1.54) is 12.1 Å². The Morgan fingerprint density at radius 2 is 1.73 bits per heavy atom. The fourth-order valence-electron chi connectivity index (χ4n) is 1.46. The Labute approximate surface area is 84.1 Å². The number of β-lactam (4-membered cyclic amide) rings is 1. The van der Waals surface area contributed by atoms with Crippen molar-refractivity contribution in [3.63, 3.8) is 0 Å². The summed E-state index contributed by atoms with van der Waals surface area (Å²) in [7, 11) is 0. The summed E-state index contributed by atoms with van der Waals surface area (Å²) in [5, 5.41) is 2.60. The van der Waals surface area contributed by atoms with Gasteiger partial charge in [-0.15, -0.1) is 0 Å². The van der Waals surface area contributed by atoms with Crippen LogP contribution in [0.1, 0.15) is 23.6 Å². The van der Waals surface area contributed by atoms with Gasteiger partial charge in [0, 0.05) is 0 Å². The van der Waals surface area contributed by atoms with E-state index in [0.29, 0.717) is 12.0 Å². The molecule has 1 atom stereocenters. The molecular weight excluding hydrogens is 207 g/mol. The van der Waals surface area contributed by atoms with Gasteiger partial charge in [-0.3, -0.25) is 4.79 Å². The number of carbonyl (C=O) groups excluding carboxylic acids is 1. The van der Waals surface area contributed by atoms with Gasteiger partial charge in [-0.05, 0) is 17.7 Å². The number of hydrogen-bond acceptors (Lipinski definition) is 1. The van der Waals surface area contributed by atoms with Crippen LogP contribution >= 0.6 is 0 Å². The quantitative estimate of drug-likeness (QED) is 0.715. The predicted molar refractivity (Wildman–Crippen MR) is 46.9 cm³/mol. The van der Waals surface area contributed by atoms with Crippen molar-refractivity contribution in [3.05, 3.63) is 35.4 Å². The summed E-state index contributed by atoms with van der Waals surface area (Å²) >= 11 is 0. The largest absolute Gasteiger partial charge is 0.416 e. The molecule has 1 saturated heterocycles. The molecule has 1 aliphatic rings. The van der Waals surface area contributed by atoms with Crippen molar-refractivity contribution in [3.8, 4) is 0 Å². The summed E-state index contributed by atoms with van der Waals surface area (Å²) in [4.78, 5) is 10.6. The summed E-state index contributed by atoms with van der Waals surface area (Å²) in [5.41, 5.74) is 0.0412. The maximum absolute atomic E-state index is 12.2. The molecule has 0 saturated carbocycles. The van der Waals surface area contributed by atoms with Crippen LogP contribution in [0, 0.1) is 0 Å². The van der Waals surface area contributed by atoms with Crippen molar-refractivity contribution in [1.29, 1.82) is 0 Å². The van der Waals surface area contributed by atoms with Crippen LogP contribution < -0.4 is 5.32 Å². The highest BCUT2D eigenvalue weighted by Crippen LogP contribution is 2.31. The number of rotatable bonds is 1. The van der Waals surface area contributed by atoms with Crippen LogP contribution in [0.5, 0.6) is 0 Å². The molecule has 1 N–H and O–H groups in total. The molecule has 0 radical (unpaired) electrons. The van der Waals surface area contributed by atoms with E-state index < -0.39 is 11.7 Å². The lowest BCUT2D eigenvalue weighted by Gasteiger charge is -2.27. The summed E-state index contributed by atoms with van der Waals surface area (Å²) in [6, 6.07) is 4.72. The Balaban J connectivity index is 2.14. The van der Waals surface area contributed by atoms with Crippen molar-refractivity contribution in [2.45, 2.75) is 18.6 Å². The van der Waals surface area contributed by atoms with Gasteiger partial charge in [0.2, 0.25) is 5.91 Å². The smallest absolute Gasteiger partial charge is 0.349 e. The minimum Gasteiger partial charge on any atom is -0.349 e. The zero-order chi connectivity index (χ0) is 11.1. The van der Waals surface area contributed by atoms with E-state index >= 15 is 0 Å². The second-order valence-electron chi connectivity index (χ2n) is 3.44. The number of halogens is 3. The summed E-state index contributed by atoms with van der Waals surface area (Å²) in [6.07, 6.45) is -3.95. The Morgan fingerprint density at radius 1 is 1.20 bits per heavy atom. The molecule has 1 heterocycles. The van der Waals surface area contributed by atoms with Gasteiger partial charge in [-0.1, -0.05) is 12.1 Å². The molecule has 1 aliphatic heterocycles. The Kier molecular flexibility index (Phi) is 2.17. The number of amides is 1. The van der Waals surface area contributed by atoms with Gasteiger partial charge in [0.05, 0.1) is 18.0 Å². The normalized spacial score (nSPS) is 20.7. The van der Waals surface area contributed by atoms with Crippen molar-refractivity contribution in [2.24, 2.45) is 0 Å². The van der Waals surface area contributed by atoms with E-state index in [1.54, 1.807) is 0 Å². The van der Waals surface area contributed by atoms with Gasteiger partial charge in [0.15, 0.2) is 0 Å². The van der Waals surface area contributed by atoms with E-state index in [0.717, 1.165) is 12.1 Å². The van der Waals surface area contributed by atoms with Gasteiger partial charge >= 0.3 is 6.18 Å². The number of carbonyl (C=O) groups is 1. The zero-order valence-corrected chi connectivity index (χ0v) is 7.64. The fourth-order valence-corrected chi connectivity index (χ4v) is 1.46. The van der Waals surface area contributed by atoms with Crippen molar-refractivity contribution in [2.75, 3.05) is 0 Å². The molecule has 0 spiro atoms. The Morgan fingerprint density at radius 3 is 2.13 bits per heavy atom. The molecule has 1 unspecified atom stereocenters. The fraction of sp³-hybridized carbons (Fsp3) is 0.300. The van der Waals surface area contributed by atoms with Crippen LogP contribution in [0.25, 0.3) is 0 Å². The summed E-state index contributed by atoms with van der Waals surface area (Å²) < 4.78 is 36.6. The van der Waals surface area contributed by atoms with Crippen LogP contribution in [0.15, 0.2) is 24.3 Å². The molecule has 1 amide bonds. The molecule has 0 aliphatic carbocycles. The average molecular weight is 215 g/mol. The standard InChI is InChI=1S/C10H8F3NO/c11-10(12,13)7-3-1-6(2-4-7)8-5-9(15)14-8/h1-4,8H,5H2,(H,14,15). The molecule has 80 valence electrons. The van der Waals surface area contributed by atoms with Gasteiger partial charge < -0.3 is 5.32 Å². The zero-order valence-electron chi connectivity index (χ0n) is 7.64. The van der Waals surface area contributed by atoms with Crippen LogP contribution in [-0.2, 0) is 11.0 Å². The Bertz CT molecular complexity index is 375. The minimum absolute atomic E-state index is 0.0695. The van der Waals surface area contributed by atoms with E-state index in [4.69, 9.17) is 0 Å². The first-order valence-corrected chi connectivity index (χ1v) is 4.43. The molecule has 15 heavy (non-hydrogen) atoms. The lowest BCUT2D eigenvalue weighted by Crippen LogP contribution is -2.41. The molecule has 5 heteroatoms. The van der Waals surface area contributed by atoms with Crippen molar-refractivity contribution in [1.82, 2.24) is 5.32 Å². The van der Waals surface area contributed by atoms with Crippen LogP contribution in [0.2, 0.25) is 0 Å². The predicted octanol–water partition coefficient (Wildman–Crippen LogP) is 2.27. The Hall–Kier alpha value is -1.52. The first kappa shape index (κ1) is 10.0. The monoisotopic (exact) mass is 215 g/mol. The van der Waals surface area contributed by atoms with E-state index in [2.05, 4.69) is 5.32 Å². The lowest BCUT2D eigenvalue weighted by molar-refractivity contribution is -0.137. The van der Waals surface area contributed by atoms with E-state index in [-0.39, 0.29) is 11.9 Å². The molecule has 1 aromatic carbocycles. The molecule has 1 fully saturated rings.